The fourth-order valence-electron chi connectivity index (χ4n) is 5.07. The maximum absolute atomic E-state index is 13.7. The lowest BCUT2D eigenvalue weighted by Crippen LogP contribution is -2.50. The number of carbonyl (C=O) groups excluding carboxylic acids is 3. The third-order valence-corrected chi connectivity index (χ3v) is 7.28. The van der Waals surface area contributed by atoms with E-state index >= 15 is 0 Å². The number of nitrogens with zero attached hydrogens (tertiary/aromatic N) is 3. The van der Waals surface area contributed by atoms with Gasteiger partial charge in [-0.15, -0.1) is 0 Å². The molecule has 0 aromatic heterocycles. The molecule has 3 aromatic rings. The van der Waals surface area contributed by atoms with Crippen LogP contribution >= 0.6 is 0 Å². The van der Waals surface area contributed by atoms with Crippen LogP contribution in [0.15, 0.2) is 78.9 Å². The molecule has 3 amide bonds. The summed E-state index contributed by atoms with van der Waals surface area (Å²) in [6, 6.07) is 25.3. The molecule has 0 spiro atoms. The van der Waals surface area contributed by atoms with Crippen molar-refractivity contribution in [2.45, 2.75) is 39.2 Å². The van der Waals surface area contributed by atoms with Crippen molar-refractivity contribution in [2.24, 2.45) is 0 Å². The van der Waals surface area contributed by atoms with Gasteiger partial charge in [0.1, 0.15) is 0 Å². The molecule has 39 heavy (non-hydrogen) atoms. The lowest BCUT2D eigenvalue weighted by molar-refractivity contribution is -0.133. The van der Waals surface area contributed by atoms with E-state index in [0.29, 0.717) is 50.4 Å². The molecule has 3 aromatic carbocycles. The zero-order valence-corrected chi connectivity index (χ0v) is 23.1. The number of benzene rings is 3. The Kier molecular flexibility index (Phi) is 9.36. The molecule has 0 radical (unpaired) electrons. The largest absolute Gasteiger partial charge is 0.367 e. The van der Waals surface area contributed by atoms with Crippen molar-refractivity contribution in [1.82, 2.24) is 9.80 Å². The molecule has 1 N–H and O–H groups in total. The van der Waals surface area contributed by atoms with Crippen molar-refractivity contribution in [1.29, 1.82) is 0 Å². The molecule has 7 heteroatoms. The van der Waals surface area contributed by atoms with E-state index in [4.69, 9.17) is 0 Å². The van der Waals surface area contributed by atoms with Gasteiger partial charge in [0.05, 0.1) is 11.5 Å². The van der Waals surface area contributed by atoms with E-state index in [1.54, 1.807) is 24.9 Å². The van der Waals surface area contributed by atoms with E-state index in [0.717, 1.165) is 23.2 Å². The van der Waals surface area contributed by atoms with Crippen molar-refractivity contribution in [2.75, 3.05) is 43.4 Å². The van der Waals surface area contributed by atoms with Gasteiger partial charge in [0, 0.05) is 57.6 Å². The lowest BCUT2D eigenvalue weighted by atomic mass is 9.94. The minimum Gasteiger partial charge on any atom is -0.367 e. The van der Waals surface area contributed by atoms with Crippen molar-refractivity contribution < 1.29 is 14.4 Å². The Hall–Kier alpha value is -4.13. The molecular weight excluding hydrogens is 488 g/mol. The van der Waals surface area contributed by atoms with Gasteiger partial charge >= 0.3 is 0 Å². The predicted octanol–water partition coefficient (Wildman–Crippen LogP) is 5.15. The van der Waals surface area contributed by atoms with Crippen LogP contribution in [0.2, 0.25) is 0 Å². The number of hydrogen-bond donors (Lipinski definition) is 1. The number of piperazine rings is 1. The number of carbonyl (C=O) groups is 3. The van der Waals surface area contributed by atoms with E-state index in [1.165, 1.54) is 0 Å². The van der Waals surface area contributed by atoms with Crippen LogP contribution in [-0.2, 0) is 16.1 Å². The molecule has 1 aliphatic heterocycles. The molecule has 1 saturated heterocycles. The Labute approximate surface area is 231 Å². The lowest BCUT2D eigenvalue weighted by Gasteiger charge is -2.38. The first-order chi connectivity index (χ1) is 18.9. The molecular formula is C32H38N4O3. The van der Waals surface area contributed by atoms with Crippen LogP contribution in [0, 0.1) is 0 Å². The minimum absolute atomic E-state index is 0.102. The SMILES string of the molecule is CCC(=O)Nc1ccc(N2CCN(C(=O)[C@H](CC)c3ccccc3)CC2)c(C(=O)N(C)Cc2ccccc2)c1. The van der Waals surface area contributed by atoms with Crippen molar-refractivity contribution in [3.05, 3.63) is 95.6 Å². The highest BCUT2D eigenvalue weighted by Crippen LogP contribution is 2.29. The van der Waals surface area contributed by atoms with Crippen LogP contribution in [0.4, 0.5) is 11.4 Å². The summed E-state index contributed by atoms with van der Waals surface area (Å²) in [5, 5.41) is 2.88. The molecule has 4 rings (SSSR count). The summed E-state index contributed by atoms with van der Waals surface area (Å²) in [5.41, 5.74) is 4.05. The Morgan fingerprint density at radius 2 is 1.51 bits per heavy atom. The van der Waals surface area contributed by atoms with E-state index in [9.17, 15) is 14.4 Å². The average Bonchev–Trinajstić information content (AvgIpc) is 2.98. The molecule has 0 aliphatic carbocycles. The standard InChI is InChI=1S/C32H38N4O3/c1-4-27(25-14-10-7-11-15-25)32(39)36-20-18-35(19-21-36)29-17-16-26(33-30(37)5-2)22-28(29)31(38)34(3)23-24-12-8-6-9-13-24/h6-17,22,27H,4-5,18-21,23H2,1-3H3,(H,33,37)/t27-/m1/s1. The van der Waals surface area contributed by atoms with Gasteiger partial charge in [-0.2, -0.15) is 0 Å². The van der Waals surface area contributed by atoms with E-state index in [2.05, 4.69) is 17.1 Å². The van der Waals surface area contributed by atoms with Gasteiger partial charge < -0.3 is 20.0 Å². The Bertz CT molecular complexity index is 1270. The Balaban J connectivity index is 1.52. The summed E-state index contributed by atoms with van der Waals surface area (Å²) in [4.78, 5) is 45.0. The Morgan fingerprint density at radius 1 is 0.872 bits per heavy atom. The zero-order valence-electron chi connectivity index (χ0n) is 23.1. The summed E-state index contributed by atoms with van der Waals surface area (Å²) in [6.45, 7) is 6.75. The summed E-state index contributed by atoms with van der Waals surface area (Å²) in [5.74, 6) is -0.215. The van der Waals surface area contributed by atoms with Gasteiger partial charge in [-0.25, -0.2) is 0 Å². The first kappa shape index (κ1) is 27.9. The summed E-state index contributed by atoms with van der Waals surface area (Å²) >= 11 is 0. The number of anilines is 2. The Morgan fingerprint density at radius 3 is 2.13 bits per heavy atom. The fourth-order valence-corrected chi connectivity index (χ4v) is 5.07. The minimum atomic E-state index is -0.150. The van der Waals surface area contributed by atoms with Crippen molar-refractivity contribution >= 4 is 29.1 Å². The topological polar surface area (TPSA) is 73.0 Å². The number of hydrogen-bond acceptors (Lipinski definition) is 4. The third kappa shape index (κ3) is 6.85. The highest BCUT2D eigenvalue weighted by molar-refractivity contribution is 6.02. The smallest absolute Gasteiger partial charge is 0.256 e. The molecule has 0 bridgehead atoms. The monoisotopic (exact) mass is 526 g/mol. The van der Waals surface area contributed by atoms with E-state index < -0.39 is 0 Å². The number of rotatable bonds is 9. The maximum atomic E-state index is 13.7. The molecule has 1 heterocycles. The molecule has 0 unspecified atom stereocenters. The van der Waals surface area contributed by atoms with Gasteiger partial charge in [-0.05, 0) is 35.7 Å². The fraction of sp³-hybridized carbons (Fsp3) is 0.344. The number of amides is 3. The van der Waals surface area contributed by atoms with Crippen LogP contribution in [0.5, 0.6) is 0 Å². The van der Waals surface area contributed by atoms with Gasteiger partial charge in [-0.3, -0.25) is 14.4 Å². The first-order valence-corrected chi connectivity index (χ1v) is 13.7. The second kappa shape index (κ2) is 13.1. The molecule has 7 nitrogen and oxygen atoms in total. The molecule has 1 fully saturated rings. The highest BCUT2D eigenvalue weighted by Gasteiger charge is 2.29. The van der Waals surface area contributed by atoms with Crippen LogP contribution in [0.1, 0.15) is 54.1 Å². The van der Waals surface area contributed by atoms with Gasteiger partial charge in [0.25, 0.3) is 5.91 Å². The maximum Gasteiger partial charge on any atom is 0.256 e. The third-order valence-electron chi connectivity index (χ3n) is 7.28. The number of nitrogens with one attached hydrogen (secondary N) is 1. The van der Waals surface area contributed by atoms with Gasteiger partial charge in [0.2, 0.25) is 11.8 Å². The van der Waals surface area contributed by atoms with Crippen molar-refractivity contribution in [3.8, 4) is 0 Å². The second-order valence-electron chi connectivity index (χ2n) is 9.96. The second-order valence-corrected chi connectivity index (χ2v) is 9.96. The van der Waals surface area contributed by atoms with E-state index in [1.807, 2.05) is 77.7 Å². The van der Waals surface area contributed by atoms with Crippen LogP contribution in [0.25, 0.3) is 0 Å². The summed E-state index contributed by atoms with van der Waals surface area (Å²) in [6.07, 6.45) is 1.11. The summed E-state index contributed by atoms with van der Waals surface area (Å²) < 4.78 is 0. The van der Waals surface area contributed by atoms with Crippen LogP contribution < -0.4 is 10.2 Å². The normalized spacial score (nSPS) is 14.0. The molecule has 204 valence electrons. The first-order valence-electron chi connectivity index (χ1n) is 13.7. The van der Waals surface area contributed by atoms with Crippen LogP contribution in [0.3, 0.4) is 0 Å². The van der Waals surface area contributed by atoms with Crippen molar-refractivity contribution in [3.63, 3.8) is 0 Å². The average molecular weight is 527 g/mol. The van der Waals surface area contributed by atoms with Gasteiger partial charge in [0.15, 0.2) is 0 Å². The molecule has 0 saturated carbocycles. The quantitative estimate of drug-likeness (QED) is 0.419. The van der Waals surface area contributed by atoms with E-state index in [-0.39, 0.29) is 23.6 Å². The predicted molar refractivity (Wildman–Crippen MR) is 156 cm³/mol. The highest BCUT2D eigenvalue weighted by atomic mass is 16.2. The van der Waals surface area contributed by atoms with Gasteiger partial charge in [-0.1, -0.05) is 74.5 Å². The molecule has 1 aliphatic rings. The van der Waals surface area contributed by atoms with Crippen LogP contribution in [-0.4, -0.2) is 60.7 Å². The molecule has 1 atom stereocenters. The zero-order chi connectivity index (χ0) is 27.8. The summed E-state index contributed by atoms with van der Waals surface area (Å²) in [7, 11) is 1.79.